The quantitative estimate of drug-likeness (QED) is 0.862. The van der Waals surface area contributed by atoms with Crippen LogP contribution >= 0.6 is 11.6 Å². The van der Waals surface area contributed by atoms with Crippen LogP contribution in [0.1, 0.15) is 18.0 Å². The van der Waals surface area contributed by atoms with E-state index >= 15 is 0 Å². The molecule has 0 fully saturated rings. The van der Waals surface area contributed by atoms with Crippen LogP contribution < -0.4 is 5.73 Å². The third-order valence-electron chi connectivity index (χ3n) is 2.17. The molecule has 94 valence electrons. The first-order valence-electron chi connectivity index (χ1n) is 4.68. The molecule has 0 saturated heterocycles. The third-order valence-corrected chi connectivity index (χ3v) is 3.57. The Labute approximate surface area is 104 Å². The number of carboxylic acid groups (broad SMARTS) is 1. The minimum absolute atomic E-state index is 0.00986. The molecule has 0 radical (unpaired) electrons. The van der Waals surface area contributed by atoms with Crippen LogP contribution in [-0.2, 0) is 14.6 Å². The Kier molecular flexibility index (Phi) is 4.13. The van der Waals surface area contributed by atoms with E-state index in [1.165, 1.54) is 18.2 Å². The fourth-order valence-electron chi connectivity index (χ4n) is 1.44. The van der Waals surface area contributed by atoms with Crippen molar-refractivity contribution in [3.63, 3.8) is 0 Å². The predicted octanol–water partition coefficient (Wildman–Crippen LogP) is 1.22. The minimum Gasteiger partial charge on any atom is -0.481 e. The highest BCUT2D eigenvalue weighted by Crippen LogP contribution is 2.26. The maximum Gasteiger partial charge on any atom is 0.305 e. The molecule has 0 aliphatic heterocycles. The summed E-state index contributed by atoms with van der Waals surface area (Å²) in [5.74, 6) is -1.10. The van der Waals surface area contributed by atoms with E-state index < -0.39 is 21.8 Å². The van der Waals surface area contributed by atoms with Crippen molar-refractivity contribution in [2.45, 2.75) is 17.4 Å². The van der Waals surface area contributed by atoms with E-state index in [1.807, 2.05) is 0 Å². The zero-order valence-electron chi connectivity index (χ0n) is 9.05. The number of nitrogens with two attached hydrogens (primary N) is 1. The van der Waals surface area contributed by atoms with Crippen LogP contribution in [0.5, 0.6) is 0 Å². The first-order valence-corrected chi connectivity index (χ1v) is 6.95. The van der Waals surface area contributed by atoms with E-state index in [0.717, 1.165) is 6.26 Å². The van der Waals surface area contributed by atoms with Gasteiger partial charge in [-0.2, -0.15) is 0 Å². The van der Waals surface area contributed by atoms with Gasteiger partial charge in [-0.1, -0.05) is 11.6 Å². The van der Waals surface area contributed by atoms with Crippen LogP contribution in [0.15, 0.2) is 23.1 Å². The standard InChI is InChI=1S/C10H12ClNO4S/c1-17(15,16)9-3-2-6(11)4-7(9)8(12)5-10(13)14/h2-4,8H,5,12H2,1H3,(H,13,14). The third kappa shape index (κ3) is 3.69. The van der Waals surface area contributed by atoms with Crippen LogP contribution in [0, 0.1) is 0 Å². The molecule has 0 aliphatic carbocycles. The molecule has 7 heteroatoms. The van der Waals surface area contributed by atoms with Crippen LogP contribution in [0.2, 0.25) is 5.02 Å². The lowest BCUT2D eigenvalue weighted by molar-refractivity contribution is -0.137. The van der Waals surface area contributed by atoms with Crippen molar-refractivity contribution >= 4 is 27.4 Å². The molecular formula is C10H12ClNO4S. The fraction of sp³-hybridized carbons (Fsp3) is 0.300. The molecule has 0 heterocycles. The number of hydrogen-bond acceptors (Lipinski definition) is 4. The van der Waals surface area contributed by atoms with Gasteiger partial charge in [0.2, 0.25) is 0 Å². The second-order valence-corrected chi connectivity index (χ2v) is 6.08. The van der Waals surface area contributed by atoms with Crippen molar-refractivity contribution in [1.29, 1.82) is 0 Å². The summed E-state index contributed by atoms with van der Waals surface area (Å²) >= 11 is 5.75. The number of aliphatic carboxylic acids is 1. The summed E-state index contributed by atoms with van der Waals surface area (Å²) in [7, 11) is -3.46. The van der Waals surface area contributed by atoms with Gasteiger partial charge in [-0.3, -0.25) is 4.79 Å². The largest absolute Gasteiger partial charge is 0.481 e. The van der Waals surface area contributed by atoms with Crippen LogP contribution in [-0.4, -0.2) is 25.7 Å². The molecule has 0 bridgehead atoms. The Hall–Kier alpha value is -1.11. The van der Waals surface area contributed by atoms with Gasteiger partial charge >= 0.3 is 5.97 Å². The van der Waals surface area contributed by atoms with Gasteiger partial charge in [-0.15, -0.1) is 0 Å². The van der Waals surface area contributed by atoms with E-state index in [2.05, 4.69) is 0 Å². The monoisotopic (exact) mass is 277 g/mol. The van der Waals surface area contributed by atoms with Gasteiger partial charge in [-0.25, -0.2) is 8.42 Å². The van der Waals surface area contributed by atoms with Gasteiger partial charge in [0.25, 0.3) is 0 Å². The van der Waals surface area contributed by atoms with Crippen molar-refractivity contribution in [2.75, 3.05) is 6.26 Å². The lowest BCUT2D eigenvalue weighted by Gasteiger charge is -2.14. The number of carbonyl (C=O) groups is 1. The van der Waals surface area contributed by atoms with Crippen molar-refractivity contribution in [2.24, 2.45) is 5.73 Å². The molecule has 1 aromatic rings. The molecule has 1 unspecified atom stereocenters. The maximum absolute atomic E-state index is 11.5. The molecule has 3 N–H and O–H groups in total. The summed E-state index contributed by atoms with van der Waals surface area (Å²) in [4.78, 5) is 10.6. The maximum atomic E-state index is 11.5. The van der Waals surface area contributed by atoms with Crippen LogP contribution in [0.3, 0.4) is 0 Å². The zero-order valence-corrected chi connectivity index (χ0v) is 10.6. The normalized spacial score (nSPS) is 13.4. The fourth-order valence-corrected chi connectivity index (χ4v) is 2.58. The molecular weight excluding hydrogens is 266 g/mol. The molecule has 0 spiro atoms. The molecule has 1 aromatic carbocycles. The number of hydrogen-bond donors (Lipinski definition) is 2. The van der Waals surface area contributed by atoms with E-state index in [-0.39, 0.29) is 16.9 Å². The topological polar surface area (TPSA) is 97.5 Å². The van der Waals surface area contributed by atoms with Crippen molar-refractivity contribution in [3.05, 3.63) is 28.8 Å². The Bertz CT molecular complexity index is 541. The number of carboxylic acids is 1. The number of benzene rings is 1. The summed E-state index contributed by atoms with van der Waals surface area (Å²) in [5, 5.41) is 8.96. The second-order valence-electron chi connectivity index (χ2n) is 3.66. The molecule has 0 amide bonds. The average molecular weight is 278 g/mol. The molecule has 0 aliphatic rings. The molecule has 0 aromatic heterocycles. The molecule has 0 saturated carbocycles. The Morgan fingerprint density at radius 3 is 2.59 bits per heavy atom. The van der Waals surface area contributed by atoms with Gasteiger partial charge < -0.3 is 10.8 Å². The average Bonchev–Trinajstić information content (AvgIpc) is 2.14. The van der Waals surface area contributed by atoms with Gasteiger partial charge in [0.05, 0.1) is 11.3 Å². The van der Waals surface area contributed by atoms with Crippen LogP contribution in [0.4, 0.5) is 0 Å². The van der Waals surface area contributed by atoms with Gasteiger partial charge in [0, 0.05) is 17.3 Å². The highest BCUT2D eigenvalue weighted by atomic mass is 35.5. The lowest BCUT2D eigenvalue weighted by atomic mass is 10.1. The predicted molar refractivity (Wildman–Crippen MR) is 63.7 cm³/mol. The summed E-state index contributed by atoms with van der Waals surface area (Å²) in [6.07, 6.45) is 0.677. The molecule has 1 rings (SSSR count). The summed E-state index contributed by atoms with van der Waals surface area (Å²) in [6.45, 7) is 0. The van der Waals surface area contributed by atoms with Gasteiger partial charge in [-0.05, 0) is 23.8 Å². The summed E-state index contributed by atoms with van der Waals surface area (Å²) in [6, 6.07) is 3.23. The summed E-state index contributed by atoms with van der Waals surface area (Å²) < 4.78 is 23.0. The minimum atomic E-state index is -3.46. The van der Waals surface area contributed by atoms with Crippen molar-refractivity contribution < 1.29 is 18.3 Å². The Morgan fingerprint density at radius 1 is 1.53 bits per heavy atom. The van der Waals surface area contributed by atoms with Gasteiger partial charge in [0.15, 0.2) is 9.84 Å². The summed E-state index contributed by atoms with van der Waals surface area (Å²) in [5.41, 5.74) is 5.88. The van der Waals surface area contributed by atoms with Crippen molar-refractivity contribution in [3.8, 4) is 0 Å². The van der Waals surface area contributed by atoms with E-state index in [9.17, 15) is 13.2 Å². The highest BCUT2D eigenvalue weighted by Gasteiger charge is 2.20. The second kappa shape index (κ2) is 5.03. The van der Waals surface area contributed by atoms with Gasteiger partial charge in [0.1, 0.15) is 0 Å². The molecule has 17 heavy (non-hydrogen) atoms. The number of halogens is 1. The Balaban J connectivity index is 3.30. The SMILES string of the molecule is CS(=O)(=O)c1ccc(Cl)cc1C(N)CC(=O)O. The smallest absolute Gasteiger partial charge is 0.305 e. The van der Waals surface area contributed by atoms with Crippen molar-refractivity contribution in [1.82, 2.24) is 0 Å². The van der Waals surface area contributed by atoms with E-state index in [1.54, 1.807) is 0 Å². The van der Waals surface area contributed by atoms with E-state index in [4.69, 9.17) is 22.4 Å². The Morgan fingerprint density at radius 2 is 2.12 bits per heavy atom. The molecule has 5 nitrogen and oxygen atoms in total. The van der Waals surface area contributed by atoms with Crippen LogP contribution in [0.25, 0.3) is 0 Å². The lowest BCUT2D eigenvalue weighted by Crippen LogP contribution is -2.18. The first-order chi connectivity index (χ1) is 7.71. The molecule has 1 atom stereocenters. The first kappa shape index (κ1) is 14.0. The number of sulfone groups is 1. The van der Waals surface area contributed by atoms with E-state index in [0.29, 0.717) is 5.02 Å². The highest BCUT2D eigenvalue weighted by molar-refractivity contribution is 7.90. The zero-order chi connectivity index (χ0) is 13.2. The number of rotatable bonds is 4.